The van der Waals surface area contributed by atoms with E-state index in [1.54, 1.807) is 0 Å². The molecule has 0 rings (SSSR count). The first-order valence-electron chi connectivity index (χ1n) is 6.59. The molecule has 0 saturated carbocycles. The van der Waals surface area contributed by atoms with E-state index in [4.69, 9.17) is 0 Å². The van der Waals surface area contributed by atoms with Crippen LogP contribution >= 0.6 is 0 Å². The normalized spacial score (nSPS) is 9.35. The number of unbranched alkanes of at least 4 members (excludes halogenated alkanes) is 9. The molecule has 0 aromatic rings. The van der Waals surface area contributed by atoms with Crippen LogP contribution in [0.1, 0.15) is 71.1 Å². The maximum atomic E-state index is 10.2. The van der Waals surface area contributed by atoms with Crippen molar-refractivity contribution in [3.8, 4) is 0 Å². The van der Waals surface area contributed by atoms with Crippen molar-refractivity contribution in [2.45, 2.75) is 77.5 Å². The van der Waals surface area contributed by atoms with E-state index < -0.39 is 7.12 Å². The third-order valence-corrected chi connectivity index (χ3v) is 2.79. The molecule has 90 valence electrons. The van der Waals surface area contributed by atoms with Crippen LogP contribution in [0.15, 0.2) is 0 Å². The maximum absolute atomic E-state index is 10.2. The summed E-state index contributed by atoms with van der Waals surface area (Å²) in [5.41, 5.74) is 0. The minimum Gasteiger partial charge on any atom is -0.893 e. The molecule has 0 fully saturated rings. The Morgan fingerprint density at radius 2 is 1.00 bits per heavy atom. The van der Waals surface area contributed by atoms with Gasteiger partial charge in [0, 0.05) is 0 Å². The van der Waals surface area contributed by atoms with Crippen molar-refractivity contribution in [3.05, 3.63) is 0 Å². The van der Waals surface area contributed by atoms with Crippen molar-refractivity contribution in [2.24, 2.45) is 0 Å². The molecule has 0 saturated heterocycles. The zero-order valence-electron chi connectivity index (χ0n) is 12.2. The second-order valence-electron chi connectivity index (χ2n) is 4.40. The molecule has 0 spiro atoms. The number of hydrogen-bond donors (Lipinski definition) is 0. The molecule has 0 aliphatic rings. The van der Waals surface area contributed by atoms with Crippen molar-refractivity contribution in [2.75, 3.05) is 0 Å². The average molecular weight is 226 g/mol. The fourth-order valence-corrected chi connectivity index (χ4v) is 1.80. The van der Waals surface area contributed by atoms with Crippen LogP contribution < -0.4 is 47.8 Å². The van der Waals surface area contributed by atoms with Gasteiger partial charge in [0.2, 0.25) is 0 Å². The summed E-state index contributed by atoms with van der Waals surface area (Å²) < 4.78 is 0. The fourth-order valence-electron chi connectivity index (χ4n) is 1.80. The zero-order chi connectivity index (χ0) is 11.4. The summed E-state index contributed by atoms with van der Waals surface area (Å²) >= 11 is 0. The molecule has 0 unspecified atom stereocenters. The molecular formula is C12H25BLi2O2. The monoisotopic (exact) mass is 226 g/mol. The molecule has 0 atom stereocenters. The van der Waals surface area contributed by atoms with E-state index in [1.165, 1.54) is 51.4 Å². The smallest absolute Gasteiger partial charge is 0.893 e. The van der Waals surface area contributed by atoms with Gasteiger partial charge in [-0.25, -0.2) is 0 Å². The van der Waals surface area contributed by atoms with Gasteiger partial charge in [0.25, 0.3) is 0 Å². The third-order valence-electron chi connectivity index (χ3n) is 2.79. The van der Waals surface area contributed by atoms with Gasteiger partial charge in [0.1, 0.15) is 0 Å². The topological polar surface area (TPSA) is 46.1 Å². The summed E-state index contributed by atoms with van der Waals surface area (Å²) in [5.74, 6) is 0. The number of rotatable bonds is 11. The van der Waals surface area contributed by atoms with Crippen LogP contribution in [0.5, 0.6) is 0 Å². The molecule has 0 aromatic carbocycles. The van der Waals surface area contributed by atoms with Gasteiger partial charge in [-0.05, 0) is 0 Å². The average Bonchev–Trinajstić information content (AvgIpc) is 2.20. The van der Waals surface area contributed by atoms with E-state index in [0.717, 1.165) is 12.8 Å². The summed E-state index contributed by atoms with van der Waals surface area (Å²) in [6.07, 6.45) is 12.8. The molecular weight excluding hydrogens is 201 g/mol. The summed E-state index contributed by atoms with van der Waals surface area (Å²) in [6.45, 7) is 2.24. The van der Waals surface area contributed by atoms with Crippen LogP contribution in [-0.2, 0) is 0 Å². The van der Waals surface area contributed by atoms with Crippen molar-refractivity contribution < 1.29 is 47.8 Å². The van der Waals surface area contributed by atoms with E-state index >= 15 is 0 Å². The van der Waals surface area contributed by atoms with E-state index in [0.29, 0.717) is 6.32 Å². The van der Waals surface area contributed by atoms with Gasteiger partial charge in [0.05, 0.1) is 0 Å². The molecule has 0 aliphatic heterocycles. The molecule has 17 heavy (non-hydrogen) atoms. The van der Waals surface area contributed by atoms with Crippen LogP contribution in [0.3, 0.4) is 0 Å². The Hall–Kier alpha value is 1.18. The molecule has 0 radical (unpaired) electrons. The fraction of sp³-hybridized carbons (Fsp3) is 1.00. The van der Waals surface area contributed by atoms with Gasteiger partial charge in [0.15, 0.2) is 0 Å². The van der Waals surface area contributed by atoms with Gasteiger partial charge < -0.3 is 10.0 Å². The van der Waals surface area contributed by atoms with Gasteiger partial charge in [-0.15, -0.1) is 13.4 Å². The Balaban J connectivity index is -0.000000980. The largest absolute Gasteiger partial charge is 1.00 e. The number of hydrogen-bond acceptors (Lipinski definition) is 2. The van der Waals surface area contributed by atoms with Crippen molar-refractivity contribution in [1.29, 1.82) is 0 Å². The quantitative estimate of drug-likeness (QED) is 0.267. The van der Waals surface area contributed by atoms with E-state index in [2.05, 4.69) is 6.92 Å². The van der Waals surface area contributed by atoms with Crippen molar-refractivity contribution in [3.63, 3.8) is 0 Å². The van der Waals surface area contributed by atoms with Gasteiger partial charge in [-0.1, -0.05) is 71.1 Å². The maximum Gasteiger partial charge on any atom is 1.00 e. The zero-order valence-corrected chi connectivity index (χ0v) is 12.2. The molecule has 0 bridgehead atoms. The predicted molar refractivity (Wildman–Crippen MR) is 62.4 cm³/mol. The van der Waals surface area contributed by atoms with Crippen LogP contribution in [0.2, 0.25) is 6.32 Å². The first-order chi connectivity index (χ1) is 7.27. The first-order valence-corrected chi connectivity index (χ1v) is 6.59. The Morgan fingerprint density at radius 3 is 1.35 bits per heavy atom. The van der Waals surface area contributed by atoms with E-state index in [9.17, 15) is 10.0 Å². The molecule has 5 heteroatoms. The van der Waals surface area contributed by atoms with E-state index in [1.807, 2.05) is 0 Å². The summed E-state index contributed by atoms with van der Waals surface area (Å²) in [7, 11) is -1.60. The first kappa shape index (κ1) is 23.3. The second-order valence-corrected chi connectivity index (χ2v) is 4.40. The minimum absolute atomic E-state index is 0. The van der Waals surface area contributed by atoms with Crippen LogP contribution in [-0.4, -0.2) is 7.12 Å². The molecule has 2 nitrogen and oxygen atoms in total. The molecule has 0 N–H and O–H groups in total. The summed E-state index contributed by atoms with van der Waals surface area (Å²) in [5, 5.41) is 20.4. The van der Waals surface area contributed by atoms with Gasteiger partial charge in [-0.3, -0.25) is 0 Å². The Labute approximate surface area is 132 Å². The molecule has 0 aromatic heterocycles. The van der Waals surface area contributed by atoms with Crippen molar-refractivity contribution in [1.82, 2.24) is 0 Å². The Morgan fingerprint density at radius 1 is 0.647 bits per heavy atom. The van der Waals surface area contributed by atoms with E-state index in [-0.39, 0.29) is 37.7 Å². The third kappa shape index (κ3) is 22.8. The molecule has 0 amide bonds. The second kappa shape index (κ2) is 19.5. The minimum atomic E-state index is -1.60. The SMILES string of the molecule is CCCCCCCCCCCCB([O-])[O-].[Li+].[Li+]. The van der Waals surface area contributed by atoms with Crippen LogP contribution in [0.25, 0.3) is 0 Å². The summed E-state index contributed by atoms with van der Waals surface area (Å²) in [4.78, 5) is 0. The standard InChI is InChI=1S/C12H25BO2.2Li/c1-2-3-4-5-6-7-8-9-10-11-12-13(14)15;;/h2-12H2,1H3;;/q-2;2*+1. The van der Waals surface area contributed by atoms with Gasteiger partial charge in [-0.2, -0.15) is 0 Å². The Kier molecular flexibility index (Phi) is 26.7. The van der Waals surface area contributed by atoms with Gasteiger partial charge >= 0.3 is 37.7 Å². The molecule has 0 aliphatic carbocycles. The van der Waals surface area contributed by atoms with Crippen LogP contribution in [0.4, 0.5) is 0 Å². The van der Waals surface area contributed by atoms with Crippen molar-refractivity contribution >= 4 is 7.12 Å². The molecule has 0 heterocycles. The Bertz CT molecular complexity index is 127. The van der Waals surface area contributed by atoms with Crippen LogP contribution in [0, 0.1) is 0 Å². The summed E-state index contributed by atoms with van der Waals surface area (Å²) in [6, 6.07) is 0. The predicted octanol–water partition coefficient (Wildman–Crippen LogP) is -3.88.